The number of carbonyl (C=O) groups is 1. The molecule has 1 saturated heterocycles. The van der Waals surface area contributed by atoms with Crippen molar-refractivity contribution in [3.05, 3.63) is 85.2 Å². The summed E-state index contributed by atoms with van der Waals surface area (Å²) in [5, 5.41) is 6.72. The molecule has 5 rings (SSSR count). The zero-order chi connectivity index (χ0) is 25.9. The molecule has 2 heterocycles. The summed E-state index contributed by atoms with van der Waals surface area (Å²) in [6.07, 6.45) is 3.50. The van der Waals surface area contributed by atoms with Crippen LogP contribution >= 0.6 is 0 Å². The number of carbonyl (C=O) groups excluding carboxylic acids is 1. The van der Waals surface area contributed by atoms with Crippen molar-refractivity contribution in [1.29, 1.82) is 0 Å². The molecule has 7 nitrogen and oxygen atoms in total. The van der Waals surface area contributed by atoms with Gasteiger partial charge >= 0.3 is 0 Å². The van der Waals surface area contributed by atoms with Crippen molar-refractivity contribution >= 4 is 34.0 Å². The fourth-order valence-corrected chi connectivity index (χ4v) is 4.36. The maximum atomic E-state index is 14.3. The Bertz CT molecular complexity index is 1490. The van der Waals surface area contributed by atoms with Gasteiger partial charge in [-0.3, -0.25) is 4.79 Å². The predicted molar refractivity (Wildman–Crippen MR) is 140 cm³/mol. The summed E-state index contributed by atoms with van der Waals surface area (Å²) in [7, 11) is 2.04. The summed E-state index contributed by atoms with van der Waals surface area (Å²) < 4.78 is 34.0. The summed E-state index contributed by atoms with van der Waals surface area (Å²) in [6, 6.07) is 14.1. The van der Waals surface area contributed by atoms with Crippen molar-refractivity contribution in [1.82, 2.24) is 14.9 Å². The summed E-state index contributed by atoms with van der Waals surface area (Å²) in [4.78, 5) is 23.1. The first-order chi connectivity index (χ1) is 17.9. The monoisotopic (exact) mass is 501 g/mol. The molecule has 0 bridgehead atoms. The van der Waals surface area contributed by atoms with E-state index in [1.165, 1.54) is 24.5 Å². The summed E-state index contributed by atoms with van der Waals surface area (Å²) >= 11 is 0. The van der Waals surface area contributed by atoms with Crippen LogP contribution in [0, 0.1) is 11.6 Å². The van der Waals surface area contributed by atoms with Crippen LogP contribution in [0.4, 0.5) is 26.0 Å². The Morgan fingerprint density at radius 2 is 2.03 bits per heavy atom. The standard InChI is InChI=1S/C28H25F2N5O2/c1-3-27(36)34-25-13-22-24(14-26(25)37-20-9-10-35(2)15-20)31-16-32-28(22)33-19-6-4-5-17(11-19)21-8-7-18(29)12-23(21)30/h3-8,11-14,16,20H,1,9-10,15H2,2H3,(H,34,36)(H,31,32,33)/t20-/m1/s1. The fraction of sp³-hybridized carbons (Fsp3) is 0.179. The first-order valence-electron chi connectivity index (χ1n) is 11.8. The molecule has 2 N–H and O–H groups in total. The molecule has 0 spiro atoms. The molecule has 1 aromatic heterocycles. The summed E-state index contributed by atoms with van der Waals surface area (Å²) in [5.74, 6) is -0.642. The predicted octanol–water partition coefficient (Wildman–Crippen LogP) is 5.53. The van der Waals surface area contributed by atoms with E-state index in [2.05, 4.69) is 32.1 Å². The Labute approximate surface area is 212 Å². The zero-order valence-electron chi connectivity index (χ0n) is 20.2. The molecule has 1 fully saturated rings. The molecule has 37 heavy (non-hydrogen) atoms. The summed E-state index contributed by atoms with van der Waals surface area (Å²) in [5.41, 5.74) is 2.61. The molecule has 188 valence electrons. The molecule has 1 aliphatic heterocycles. The van der Waals surface area contributed by atoms with Gasteiger partial charge in [-0.2, -0.15) is 0 Å². The minimum absolute atomic E-state index is 0.00383. The van der Waals surface area contributed by atoms with Crippen molar-refractivity contribution in [3.63, 3.8) is 0 Å². The highest BCUT2D eigenvalue weighted by Crippen LogP contribution is 2.35. The Hall–Kier alpha value is -4.37. The van der Waals surface area contributed by atoms with Gasteiger partial charge < -0.3 is 20.3 Å². The van der Waals surface area contributed by atoms with Crippen molar-refractivity contribution in [2.75, 3.05) is 30.8 Å². The zero-order valence-corrected chi connectivity index (χ0v) is 20.2. The third-order valence-electron chi connectivity index (χ3n) is 6.19. The lowest BCUT2D eigenvalue weighted by Crippen LogP contribution is -2.22. The molecule has 9 heteroatoms. The van der Waals surface area contributed by atoms with Gasteiger partial charge in [-0.1, -0.05) is 18.7 Å². The number of hydrogen-bond acceptors (Lipinski definition) is 6. The number of amides is 1. The van der Waals surface area contributed by atoms with Crippen LogP contribution in [0.5, 0.6) is 5.75 Å². The van der Waals surface area contributed by atoms with Gasteiger partial charge in [0.05, 0.1) is 11.2 Å². The van der Waals surface area contributed by atoms with Crippen LogP contribution in [0.3, 0.4) is 0 Å². The lowest BCUT2D eigenvalue weighted by Gasteiger charge is -2.18. The molecule has 1 atom stereocenters. The molecule has 0 radical (unpaired) electrons. The van der Waals surface area contributed by atoms with Crippen LogP contribution in [0.2, 0.25) is 0 Å². The molecule has 0 saturated carbocycles. The lowest BCUT2D eigenvalue weighted by atomic mass is 10.0. The Kier molecular flexibility index (Phi) is 6.78. The molecule has 0 unspecified atom stereocenters. The van der Waals surface area contributed by atoms with Crippen LogP contribution in [-0.4, -0.2) is 47.0 Å². The average Bonchev–Trinajstić information content (AvgIpc) is 3.29. The average molecular weight is 502 g/mol. The smallest absolute Gasteiger partial charge is 0.247 e. The van der Waals surface area contributed by atoms with E-state index in [0.717, 1.165) is 25.6 Å². The van der Waals surface area contributed by atoms with Crippen molar-refractivity contribution in [2.24, 2.45) is 0 Å². The van der Waals surface area contributed by atoms with Crippen LogP contribution in [0.25, 0.3) is 22.0 Å². The van der Waals surface area contributed by atoms with E-state index in [4.69, 9.17) is 4.74 Å². The molecular weight excluding hydrogens is 476 g/mol. The van der Waals surface area contributed by atoms with Gasteiger partial charge in [-0.15, -0.1) is 0 Å². The van der Waals surface area contributed by atoms with Crippen LogP contribution in [0.15, 0.2) is 73.6 Å². The molecule has 1 aliphatic rings. The number of anilines is 3. The second-order valence-electron chi connectivity index (χ2n) is 8.90. The van der Waals surface area contributed by atoms with E-state index >= 15 is 0 Å². The second-order valence-corrected chi connectivity index (χ2v) is 8.90. The van der Waals surface area contributed by atoms with Gasteiger partial charge in [-0.25, -0.2) is 18.7 Å². The van der Waals surface area contributed by atoms with Crippen molar-refractivity contribution < 1.29 is 18.3 Å². The van der Waals surface area contributed by atoms with E-state index in [-0.39, 0.29) is 17.6 Å². The first kappa shape index (κ1) is 24.3. The topological polar surface area (TPSA) is 79.4 Å². The van der Waals surface area contributed by atoms with Gasteiger partial charge in [0.15, 0.2) is 0 Å². The van der Waals surface area contributed by atoms with E-state index < -0.39 is 11.6 Å². The van der Waals surface area contributed by atoms with Crippen molar-refractivity contribution in [3.8, 4) is 16.9 Å². The molecule has 3 aromatic carbocycles. The number of rotatable bonds is 7. The number of hydrogen-bond donors (Lipinski definition) is 2. The third-order valence-corrected chi connectivity index (χ3v) is 6.19. The van der Waals surface area contributed by atoms with Gasteiger partial charge in [0.2, 0.25) is 5.91 Å². The fourth-order valence-electron chi connectivity index (χ4n) is 4.36. The molecule has 0 aliphatic carbocycles. The number of aromatic nitrogens is 2. The highest BCUT2D eigenvalue weighted by Gasteiger charge is 2.23. The van der Waals surface area contributed by atoms with Crippen LogP contribution in [0.1, 0.15) is 6.42 Å². The minimum atomic E-state index is -0.645. The normalized spacial score (nSPS) is 15.5. The largest absolute Gasteiger partial charge is 0.487 e. The number of halogens is 2. The number of benzene rings is 3. The number of likely N-dealkylation sites (N-methyl/N-ethyl adjacent to an activating group) is 1. The van der Waals surface area contributed by atoms with Gasteiger partial charge in [0.25, 0.3) is 0 Å². The SMILES string of the molecule is C=CC(=O)Nc1cc2c(Nc3cccc(-c4ccc(F)cc4F)c3)ncnc2cc1O[C@@H]1CCN(C)C1. The number of likely N-dealkylation sites (tertiary alicyclic amines) is 1. The number of nitrogens with zero attached hydrogens (tertiary/aromatic N) is 3. The van der Waals surface area contributed by atoms with Gasteiger partial charge in [0.1, 0.15) is 35.6 Å². The van der Waals surface area contributed by atoms with Gasteiger partial charge in [0, 0.05) is 41.9 Å². The number of fused-ring (bicyclic) bond motifs is 1. The van der Waals surface area contributed by atoms with Gasteiger partial charge in [-0.05, 0) is 55.4 Å². The minimum Gasteiger partial charge on any atom is -0.487 e. The van der Waals surface area contributed by atoms with E-state index in [9.17, 15) is 13.6 Å². The number of ether oxygens (including phenoxy) is 1. The Morgan fingerprint density at radius 3 is 2.78 bits per heavy atom. The van der Waals surface area contributed by atoms with E-state index in [1.54, 1.807) is 30.3 Å². The highest BCUT2D eigenvalue weighted by molar-refractivity contribution is 6.03. The van der Waals surface area contributed by atoms with E-state index in [0.29, 0.717) is 39.4 Å². The van der Waals surface area contributed by atoms with Crippen LogP contribution < -0.4 is 15.4 Å². The molecular formula is C28H25F2N5O2. The molecule has 1 amide bonds. The number of nitrogens with one attached hydrogen (secondary N) is 2. The lowest BCUT2D eigenvalue weighted by molar-refractivity contribution is -0.111. The van der Waals surface area contributed by atoms with Crippen molar-refractivity contribution in [2.45, 2.75) is 12.5 Å². The second kappa shape index (κ2) is 10.3. The van der Waals surface area contributed by atoms with E-state index in [1.807, 2.05) is 13.1 Å². The Balaban J connectivity index is 1.50. The summed E-state index contributed by atoms with van der Waals surface area (Å²) in [6.45, 7) is 5.26. The third kappa shape index (κ3) is 5.41. The van der Waals surface area contributed by atoms with Crippen LogP contribution in [-0.2, 0) is 4.79 Å². The molecule has 4 aromatic rings. The maximum Gasteiger partial charge on any atom is 0.247 e. The maximum absolute atomic E-state index is 14.3. The quantitative estimate of drug-likeness (QED) is 0.325. The highest BCUT2D eigenvalue weighted by atomic mass is 19.1. The first-order valence-corrected chi connectivity index (χ1v) is 11.8. The Morgan fingerprint density at radius 1 is 1.16 bits per heavy atom.